The molecule has 2 N–H and O–H groups in total. The van der Waals surface area contributed by atoms with E-state index < -0.39 is 5.97 Å². The van der Waals surface area contributed by atoms with Crippen molar-refractivity contribution in [3.63, 3.8) is 0 Å². The van der Waals surface area contributed by atoms with E-state index in [9.17, 15) is 9.59 Å². The lowest BCUT2D eigenvalue weighted by Gasteiger charge is -2.12. The van der Waals surface area contributed by atoms with E-state index >= 15 is 0 Å². The molecule has 1 heterocycles. The van der Waals surface area contributed by atoms with Gasteiger partial charge in [0.25, 0.3) is 0 Å². The number of carboxylic acid groups (broad SMARTS) is 1. The molecule has 0 aliphatic rings. The summed E-state index contributed by atoms with van der Waals surface area (Å²) in [5, 5.41) is 13.8. The number of nitrogens with zero attached hydrogens (tertiary/aromatic N) is 1. The minimum absolute atomic E-state index is 0.124. The molecule has 0 fully saturated rings. The van der Waals surface area contributed by atoms with Crippen molar-refractivity contribution < 1.29 is 19.4 Å². The fraction of sp³-hybridized carbons (Fsp3) is 0.421. The molecule has 1 amide bonds. The molecule has 0 spiro atoms. The lowest BCUT2D eigenvalue weighted by atomic mass is 9.98. The molecule has 140 valence electrons. The molecule has 26 heavy (non-hydrogen) atoms. The summed E-state index contributed by atoms with van der Waals surface area (Å²) in [6.45, 7) is 7.17. The maximum atomic E-state index is 11.9. The Labute approximate surface area is 157 Å². The van der Waals surface area contributed by atoms with E-state index in [1.54, 1.807) is 5.38 Å². The van der Waals surface area contributed by atoms with E-state index in [0.717, 1.165) is 5.75 Å². The van der Waals surface area contributed by atoms with Crippen LogP contribution >= 0.6 is 11.3 Å². The number of benzene rings is 1. The van der Waals surface area contributed by atoms with Gasteiger partial charge < -0.3 is 15.2 Å². The Hall–Kier alpha value is -2.41. The monoisotopic (exact) mass is 376 g/mol. The van der Waals surface area contributed by atoms with Gasteiger partial charge in [0.1, 0.15) is 17.4 Å². The highest BCUT2D eigenvalue weighted by molar-refractivity contribution is 7.09. The van der Waals surface area contributed by atoms with Crippen LogP contribution in [-0.4, -0.2) is 35.1 Å². The molecule has 0 bridgehead atoms. The average molecular weight is 376 g/mol. The van der Waals surface area contributed by atoms with Gasteiger partial charge in [-0.05, 0) is 36.1 Å². The SMILES string of the molecule is Cc1cc(OCCNC(=O)Cc2nc(CC(=O)O)cs2)ccc1C(C)C. The van der Waals surface area contributed by atoms with Crippen molar-refractivity contribution in [1.82, 2.24) is 10.3 Å². The predicted octanol–water partition coefficient (Wildman–Crippen LogP) is 2.94. The molecule has 0 atom stereocenters. The first kappa shape index (κ1) is 19.9. The van der Waals surface area contributed by atoms with Crippen molar-refractivity contribution in [3.05, 3.63) is 45.4 Å². The topological polar surface area (TPSA) is 88.5 Å². The number of hydrogen-bond donors (Lipinski definition) is 2. The van der Waals surface area contributed by atoms with Crippen LogP contribution in [0.4, 0.5) is 0 Å². The second kappa shape index (κ2) is 9.33. The van der Waals surface area contributed by atoms with Crippen LogP contribution in [0.5, 0.6) is 5.75 Å². The Morgan fingerprint density at radius 2 is 2.08 bits per heavy atom. The zero-order valence-electron chi connectivity index (χ0n) is 15.2. The molecule has 0 aliphatic carbocycles. The molecule has 0 radical (unpaired) electrons. The predicted molar refractivity (Wildman–Crippen MR) is 101 cm³/mol. The summed E-state index contributed by atoms with van der Waals surface area (Å²) < 4.78 is 5.68. The molecule has 0 saturated heterocycles. The highest BCUT2D eigenvalue weighted by atomic mass is 32.1. The maximum Gasteiger partial charge on any atom is 0.309 e. The van der Waals surface area contributed by atoms with Gasteiger partial charge in [-0.2, -0.15) is 0 Å². The van der Waals surface area contributed by atoms with Gasteiger partial charge in [-0.15, -0.1) is 11.3 Å². The molecule has 0 aliphatic heterocycles. The number of ether oxygens (including phenoxy) is 1. The molecule has 0 unspecified atom stereocenters. The minimum Gasteiger partial charge on any atom is -0.492 e. The number of carbonyl (C=O) groups excluding carboxylic acids is 1. The Balaban J connectivity index is 1.72. The molecule has 6 nitrogen and oxygen atoms in total. The molecular formula is C19H24N2O4S. The van der Waals surface area contributed by atoms with Gasteiger partial charge in [0.2, 0.25) is 5.91 Å². The number of amides is 1. The van der Waals surface area contributed by atoms with Gasteiger partial charge in [-0.25, -0.2) is 4.98 Å². The van der Waals surface area contributed by atoms with Crippen LogP contribution in [0, 0.1) is 6.92 Å². The second-order valence-corrected chi connectivity index (χ2v) is 7.29. The Kier molecular flexibility index (Phi) is 7.15. The summed E-state index contributed by atoms with van der Waals surface area (Å²) in [6, 6.07) is 6.03. The van der Waals surface area contributed by atoms with Gasteiger partial charge in [-0.1, -0.05) is 19.9 Å². The van der Waals surface area contributed by atoms with Crippen LogP contribution in [0.3, 0.4) is 0 Å². The molecule has 1 aromatic heterocycles. The minimum atomic E-state index is -0.930. The molecule has 0 saturated carbocycles. The number of hydrogen-bond acceptors (Lipinski definition) is 5. The largest absolute Gasteiger partial charge is 0.492 e. The van der Waals surface area contributed by atoms with E-state index in [1.807, 2.05) is 12.1 Å². The normalized spacial score (nSPS) is 10.8. The standard InChI is InChI=1S/C19H24N2O4S/c1-12(2)16-5-4-15(8-13(16)3)25-7-6-20-17(22)10-18-21-14(11-26-18)9-19(23)24/h4-5,8,11-12H,6-7,9-10H2,1-3H3,(H,20,22)(H,23,24). The lowest BCUT2D eigenvalue weighted by molar-refractivity contribution is -0.136. The molecular weight excluding hydrogens is 352 g/mol. The van der Waals surface area contributed by atoms with Gasteiger partial charge in [0.15, 0.2) is 0 Å². The fourth-order valence-electron chi connectivity index (χ4n) is 2.61. The molecule has 2 aromatic rings. The number of thiazole rings is 1. The number of carbonyl (C=O) groups is 2. The molecule has 1 aromatic carbocycles. The van der Waals surface area contributed by atoms with Crippen LogP contribution in [0.15, 0.2) is 23.6 Å². The van der Waals surface area contributed by atoms with Crippen LogP contribution in [0.1, 0.15) is 41.6 Å². The third-order valence-corrected chi connectivity index (χ3v) is 4.70. The summed E-state index contributed by atoms with van der Waals surface area (Å²) in [5.74, 6) is 0.181. The Morgan fingerprint density at radius 1 is 1.31 bits per heavy atom. The summed E-state index contributed by atoms with van der Waals surface area (Å²) in [5.41, 5.74) is 2.98. The van der Waals surface area contributed by atoms with E-state index in [4.69, 9.17) is 9.84 Å². The van der Waals surface area contributed by atoms with Crippen molar-refractivity contribution in [2.75, 3.05) is 13.2 Å². The van der Waals surface area contributed by atoms with Crippen molar-refractivity contribution in [3.8, 4) is 5.75 Å². The third-order valence-electron chi connectivity index (χ3n) is 3.80. The molecule has 2 rings (SSSR count). The summed E-state index contributed by atoms with van der Waals surface area (Å²) in [7, 11) is 0. The zero-order chi connectivity index (χ0) is 19.1. The smallest absolute Gasteiger partial charge is 0.309 e. The first-order valence-electron chi connectivity index (χ1n) is 8.50. The maximum absolute atomic E-state index is 11.9. The summed E-state index contributed by atoms with van der Waals surface area (Å²) >= 11 is 1.29. The number of aromatic nitrogens is 1. The third kappa shape index (κ3) is 6.15. The average Bonchev–Trinajstić information content (AvgIpc) is 2.97. The van der Waals surface area contributed by atoms with Crippen molar-refractivity contribution >= 4 is 23.2 Å². The Morgan fingerprint density at radius 3 is 2.73 bits per heavy atom. The number of carboxylic acids is 1. The Bertz CT molecular complexity index is 771. The quantitative estimate of drug-likeness (QED) is 0.657. The first-order valence-corrected chi connectivity index (χ1v) is 9.38. The summed E-state index contributed by atoms with van der Waals surface area (Å²) in [4.78, 5) is 26.7. The highest BCUT2D eigenvalue weighted by Gasteiger charge is 2.10. The van der Waals surface area contributed by atoms with E-state index in [2.05, 4.69) is 37.1 Å². The van der Waals surface area contributed by atoms with E-state index in [1.165, 1.54) is 22.5 Å². The van der Waals surface area contributed by atoms with Gasteiger partial charge >= 0.3 is 5.97 Å². The second-order valence-electron chi connectivity index (χ2n) is 6.35. The van der Waals surface area contributed by atoms with Gasteiger partial charge in [0, 0.05) is 5.38 Å². The van der Waals surface area contributed by atoms with Crippen molar-refractivity contribution in [2.45, 2.75) is 39.5 Å². The van der Waals surface area contributed by atoms with Crippen LogP contribution < -0.4 is 10.1 Å². The zero-order valence-corrected chi connectivity index (χ0v) is 16.1. The molecule has 7 heteroatoms. The number of rotatable bonds is 9. The summed E-state index contributed by atoms with van der Waals surface area (Å²) in [6.07, 6.45) is 0.0213. The van der Waals surface area contributed by atoms with Gasteiger partial charge in [-0.3, -0.25) is 9.59 Å². The van der Waals surface area contributed by atoms with Gasteiger partial charge in [0.05, 0.1) is 25.1 Å². The number of nitrogens with one attached hydrogen (secondary N) is 1. The number of aryl methyl sites for hydroxylation is 1. The number of aliphatic carboxylic acids is 1. The van der Waals surface area contributed by atoms with Crippen LogP contribution in [0.25, 0.3) is 0 Å². The lowest BCUT2D eigenvalue weighted by Crippen LogP contribution is -2.29. The van der Waals surface area contributed by atoms with Crippen LogP contribution in [-0.2, 0) is 22.4 Å². The highest BCUT2D eigenvalue weighted by Crippen LogP contribution is 2.23. The van der Waals surface area contributed by atoms with Crippen molar-refractivity contribution in [1.29, 1.82) is 0 Å². The first-order chi connectivity index (χ1) is 12.3. The van der Waals surface area contributed by atoms with Crippen LogP contribution in [0.2, 0.25) is 0 Å². The van der Waals surface area contributed by atoms with E-state index in [-0.39, 0.29) is 18.7 Å². The van der Waals surface area contributed by atoms with E-state index in [0.29, 0.717) is 29.8 Å². The van der Waals surface area contributed by atoms with Crippen molar-refractivity contribution in [2.24, 2.45) is 0 Å². The fourth-order valence-corrected chi connectivity index (χ4v) is 3.40.